The Bertz CT molecular complexity index is 3370. The van der Waals surface area contributed by atoms with Crippen LogP contribution in [0.1, 0.15) is 25.0 Å². The molecule has 0 spiro atoms. The summed E-state index contributed by atoms with van der Waals surface area (Å²) in [5, 5.41) is 7.43. The van der Waals surface area contributed by atoms with Crippen LogP contribution in [0.25, 0.3) is 103 Å². The topological polar surface area (TPSA) is 18.1 Å². The standard InChI is InChI=1S/C51H33NOS/c1-51(2)42-21-6-3-16-40(42)47-43(51)26-25-39-38-20-11-18-34(49(38)54-50(39)47)30-12-9-13-32(28-30)52-44-22-7-4-14-35(44)41-29-31(24-27-45(41)52)33-17-10-19-37-36-15-5-8-23-46(36)53-48(33)37/h3-29H,1-2H3. The molecule has 1 aliphatic rings. The first-order valence-corrected chi connectivity index (χ1v) is 19.5. The van der Waals surface area contributed by atoms with Crippen molar-refractivity contribution in [2.24, 2.45) is 0 Å². The number of hydrogen-bond donors (Lipinski definition) is 0. The minimum Gasteiger partial charge on any atom is -0.455 e. The molecule has 11 aromatic rings. The summed E-state index contributed by atoms with van der Waals surface area (Å²) in [7, 11) is 0. The molecule has 2 nitrogen and oxygen atoms in total. The second kappa shape index (κ2) is 10.8. The highest BCUT2D eigenvalue weighted by atomic mass is 32.1. The second-order valence-electron chi connectivity index (χ2n) is 15.2. The first-order valence-electron chi connectivity index (χ1n) is 18.7. The summed E-state index contributed by atoms with van der Waals surface area (Å²) in [6.07, 6.45) is 0. The van der Waals surface area contributed by atoms with E-state index in [4.69, 9.17) is 4.42 Å². The van der Waals surface area contributed by atoms with Gasteiger partial charge in [-0.25, -0.2) is 0 Å². The number of fused-ring (bicyclic) bond motifs is 13. The fourth-order valence-electron chi connectivity index (χ4n) is 9.47. The quantitative estimate of drug-likeness (QED) is 0.179. The van der Waals surface area contributed by atoms with Gasteiger partial charge in [0.25, 0.3) is 0 Å². The maximum absolute atomic E-state index is 6.46. The predicted octanol–water partition coefficient (Wildman–Crippen LogP) is 14.7. The number of thiophene rings is 1. The summed E-state index contributed by atoms with van der Waals surface area (Å²) in [5.74, 6) is 0. The van der Waals surface area contributed by atoms with E-state index in [0.29, 0.717) is 0 Å². The van der Waals surface area contributed by atoms with E-state index in [2.05, 4.69) is 176 Å². The number of hydrogen-bond acceptors (Lipinski definition) is 2. The molecule has 54 heavy (non-hydrogen) atoms. The fourth-order valence-corrected chi connectivity index (χ4v) is 10.9. The smallest absolute Gasteiger partial charge is 0.143 e. The highest BCUT2D eigenvalue weighted by molar-refractivity contribution is 7.27. The molecule has 12 rings (SSSR count). The van der Waals surface area contributed by atoms with Crippen molar-refractivity contribution in [1.29, 1.82) is 0 Å². The van der Waals surface area contributed by atoms with Crippen molar-refractivity contribution in [3.63, 3.8) is 0 Å². The molecule has 0 unspecified atom stereocenters. The summed E-state index contributed by atoms with van der Waals surface area (Å²) >= 11 is 1.95. The van der Waals surface area contributed by atoms with Gasteiger partial charge in [-0.2, -0.15) is 0 Å². The number of nitrogens with zero attached hydrogens (tertiary/aromatic N) is 1. The average molecular weight is 708 g/mol. The van der Waals surface area contributed by atoms with Crippen molar-refractivity contribution in [2.45, 2.75) is 19.3 Å². The van der Waals surface area contributed by atoms with Crippen molar-refractivity contribution < 1.29 is 4.42 Å². The van der Waals surface area contributed by atoms with E-state index in [1.165, 1.54) is 75.4 Å². The van der Waals surface area contributed by atoms with Crippen LogP contribution >= 0.6 is 11.3 Å². The van der Waals surface area contributed by atoms with Crippen LogP contribution in [0.15, 0.2) is 168 Å². The normalized spacial score (nSPS) is 13.5. The number of benzene rings is 8. The third-order valence-corrected chi connectivity index (χ3v) is 13.3. The molecule has 254 valence electrons. The maximum atomic E-state index is 6.46. The summed E-state index contributed by atoms with van der Waals surface area (Å²) in [6.45, 7) is 4.73. The van der Waals surface area contributed by atoms with E-state index in [-0.39, 0.29) is 5.41 Å². The third-order valence-electron chi connectivity index (χ3n) is 12.0. The van der Waals surface area contributed by atoms with Crippen LogP contribution < -0.4 is 0 Å². The van der Waals surface area contributed by atoms with E-state index < -0.39 is 0 Å². The highest BCUT2D eigenvalue weighted by Crippen LogP contribution is 2.54. The van der Waals surface area contributed by atoms with Crippen LogP contribution in [0.3, 0.4) is 0 Å². The van der Waals surface area contributed by atoms with Gasteiger partial charge in [-0.15, -0.1) is 11.3 Å². The van der Waals surface area contributed by atoms with Crippen LogP contribution in [0, 0.1) is 0 Å². The van der Waals surface area contributed by atoms with E-state index in [1.807, 2.05) is 17.4 Å². The Balaban J connectivity index is 1.03. The Hall–Kier alpha value is -6.42. The molecular formula is C51H33NOS. The molecular weight excluding hydrogens is 675 g/mol. The predicted molar refractivity (Wildman–Crippen MR) is 229 cm³/mol. The minimum atomic E-state index is -0.0166. The SMILES string of the molecule is CC1(C)c2ccccc2-c2c1ccc1c2sc2c(-c3cccc(-n4c5ccccc5c5cc(-c6cccc7c6oc6ccccc67)ccc54)c3)cccc21. The van der Waals surface area contributed by atoms with Gasteiger partial charge in [0.05, 0.1) is 11.0 Å². The number of aromatic nitrogens is 1. The van der Waals surface area contributed by atoms with Crippen molar-refractivity contribution in [3.05, 3.63) is 175 Å². The minimum absolute atomic E-state index is 0.0166. The van der Waals surface area contributed by atoms with Gasteiger partial charge in [-0.1, -0.05) is 141 Å². The van der Waals surface area contributed by atoms with Crippen molar-refractivity contribution in [3.8, 4) is 39.1 Å². The second-order valence-corrected chi connectivity index (χ2v) is 16.3. The van der Waals surface area contributed by atoms with Crippen molar-refractivity contribution >= 4 is 75.3 Å². The van der Waals surface area contributed by atoms with Gasteiger partial charge in [0, 0.05) is 63.9 Å². The van der Waals surface area contributed by atoms with Gasteiger partial charge >= 0.3 is 0 Å². The molecule has 0 radical (unpaired) electrons. The summed E-state index contributed by atoms with van der Waals surface area (Å²) in [5.41, 5.74) is 15.8. The Morgan fingerprint density at radius 3 is 2.07 bits per heavy atom. The largest absolute Gasteiger partial charge is 0.455 e. The maximum Gasteiger partial charge on any atom is 0.143 e. The number of para-hydroxylation sites is 3. The zero-order valence-electron chi connectivity index (χ0n) is 29.9. The summed E-state index contributed by atoms with van der Waals surface area (Å²) in [6, 6.07) is 60.1. The fraction of sp³-hybridized carbons (Fsp3) is 0.0588. The average Bonchev–Trinajstić information content (AvgIpc) is 3.94. The molecule has 0 fully saturated rings. The van der Waals surface area contributed by atoms with Crippen molar-refractivity contribution in [1.82, 2.24) is 4.57 Å². The molecule has 3 heteroatoms. The van der Waals surface area contributed by atoms with Gasteiger partial charge in [-0.05, 0) is 69.8 Å². The monoisotopic (exact) mass is 707 g/mol. The van der Waals surface area contributed by atoms with Crippen molar-refractivity contribution in [2.75, 3.05) is 0 Å². The molecule has 8 aromatic carbocycles. The molecule has 0 saturated heterocycles. The molecule has 0 saturated carbocycles. The van der Waals surface area contributed by atoms with Crippen LogP contribution in [-0.2, 0) is 5.41 Å². The lowest BCUT2D eigenvalue weighted by molar-refractivity contribution is 0.661. The van der Waals surface area contributed by atoms with Gasteiger partial charge in [0.2, 0.25) is 0 Å². The van der Waals surface area contributed by atoms with Crippen LogP contribution in [0.2, 0.25) is 0 Å². The van der Waals surface area contributed by atoms with E-state index >= 15 is 0 Å². The summed E-state index contributed by atoms with van der Waals surface area (Å²) < 4.78 is 11.6. The molecule has 3 aromatic heterocycles. The lowest BCUT2D eigenvalue weighted by Crippen LogP contribution is -2.14. The highest BCUT2D eigenvalue weighted by Gasteiger charge is 2.36. The van der Waals surface area contributed by atoms with Crippen LogP contribution in [-0.4, -0.2) is 4.57 Å². The molecule has 1 aliphatic carbocycles. The van der Waals surface area contributed by atoms with Gasteiger partial charge in [0.1, 0.15) is 11.2 Å². The van der Waals surface area contributed by atoms with Gasteiger partial charge < -0.3 is 8.98 Å². The van der Waals surface area contributed by atoms with E-state index in [0.717, 1.165) is 38.8 Å². The Kier molecular flexibility index (Phi) is 6.03. The zero-order valence-corrected chi connectivity index (χ0v) is 30.7. The first-order chi connectivity index (χ1) is 26.5. The van der Waals surface area contributed by atoms with Crippen LogP contribution in [0.5, 0.6) is 0 Å². The zero-order chi connectivity index (χ0) is 35.7. The van der Waals surface area contributed by atoms with Gasteiger partial charge in [0.15, 0.2) is 0 Å². The molecule has 0 N–H and O–H groups in total. The lowest BCUT2D eigenvalue weighted by atomic mass is 9.82. The Morgan fingerprint density at radius 2 is 1.15 bits per heavy atom. The molecule has 0 atom stereocenters. The van der Waals surface area contributed by atoms with E-state index in [1.54, 1.807) is 0 Å². The van der Waals surface area contributed by atoms with Gasteiger partial charge in [-0.3, -0.25) is 0 Å². The van der Waals surface area contributed by atoms with E-state index in [9.17, 15) is 0 Å². The molecule has 0 aliphatic heterocycles. The molecule has 0 bridgehead atoms. The Labute approximate surface area is 316 Å². The first kappa shape index (κ1) is 30.1. The third kappa shape index (κ3) is 4.00. The molecule has 3 heterocycles. The number of furan rings is 1. The van der Waals surface area contributed by atoms with Crippen LogP contribution in [0.4, 0.5) is 0 Å². The summed E-state index contributed by atoms with van der Waals surface area (Å²) in [4.78, 5) is 0. The molecule has 0 amide bonds. The lowest BCUT2D eigenvalue weighted by Gasteiger charge is -2.21. The number of rotatable bonds is 3. The Morgan fingerprint density at radius 1 is 0.463 bits per heavy atom.